The van der Waals surface area contributed by atoms with Gasteiger partial charge in [-0.25, -0.2) is 4.39 Å². The predicted octanol–water partition coefficient (Wildman–Crippen LogP) is 5.28. The molecule has 0 fully saturated rings. The summed E-state index contributed by atoms with van der Waals surface area (Å²) in [7, 11) is 0. The molecule has 2 unspecified atom stereocenters. The van der Waals surface area contributed by atoms with E-state index >= 15 is 0 Å². The molecule has 3 rings (SSSR count). The Hall–Kier alpha value is -2.33. The molecular weight excluding hydrogens is 355 g/mol. The van der Waals surface area contributed by atoms with E-state index in [2.05, 4.69) is 31.2 Å². The van der Waals surface area contributed by atoms with Crippen LogP contribution < -0.4 is 9.47 Å². The van der Waals surface area contributed by atoms with Gasteiger partial charge >= 0.3 is 0 Å². The molecule has 0 aromatic heterocycles. The van der Waals surface area contributed by atoms with Crippen LogP contribution in [0.2, 0.25) is 0 Å². The lowest BCUT2D eigenvalue weighted by Crippen LogP contribution is -2.15. The molecule has 0 radical (unpaired) electrons. The van der Waals surface area contributed by atoms with Crippen LogP contribution in [0.1, 0.15) is 43.2 Å². The average molecular weight is 384 g/mol. The number of aryl methyl sites for hydroxylation is 1. The quantitative estimate of drug-likeness (QED) is 0.598. The summed E-state index contributed by atoms with van der Waals surface area (Å²) in [5.41, 5.74) is 2.27. The van der Waals surface area contributed by atoms with Gasteiger partial charge in [0, 0.05) is 11.8 Å². The number of ether oxygens (including phenoxy) is 2. The van der Waals surface area contributed by atoms with Crippen molar-refractivity contribution in [3.8, 4) is 11.5 Å². The first-order chi connectivity index (χ1) is 13.7. The Kier molecular flexibility index (Phi) is 7.49. The molecule has 3 nitrogen and oxygen atoms in total. The fourth-order valence-corrected chi connectivity index (χ4v) is 3.57. The molecule has 0 aliphatic heterocycles. The second-order valence-electron chi connectivity index (χ2n) is 7.30. The standard InChI is InChI=1S/C24H29FO3/c1-2-3-18-6-13-24(23(25)16-18)28-17-19-4-7-20(8-5-19)21-9-11-22(12-10-21)27-15-14-26/h4,6-7,9-13,16,19-20,26H,2-3,5,8,14-15,17H2,1H3. The van der Waals surface area contributed by atoms with E-state index in [1.54, 1.807) is 12.1 Å². The van der Waals surface area contributed by atoms with Crippen molar-refractivity contribution < 1.29 is 19.0 Å². The number of rotatable bonds is 9. The van der Waals surface area contributed by atoms with E-state index in [0.29, 0.717) is 30.8 Å². The lowest BCUT2D eigenvalue weighted by molar-refractivity contribution is 0.201. The summed E-state index contributed by atoms with van der Waals surface area (Å²) in [5, 5.41) is 8.81. The van der Waals surface area contributed by atoms with Gasteiger partial charge in [0.25, 0.3) is 0 Å². The van der Waals surface area contributed by atoms with Crippen LogP contribution in [0.25, 0.3) is 0 Å². The smallest absolute Gasteiger partial charge is 0.165 e. The first kappa shape index (κ1) is 20.4. The first-order valence-electron chi connectivity index (χ1n) is 10.1. The molecule has 28 heavy (non-hydrogen) atoms. The second kappa shape index (κ2) is 10.3. The summed E-state index contributed by atoms with van der Waals surface area (Å²) < 4.78 is 25.3. The largest absolute Gasteiger partial charge is 0.491 e. The van der Waals surface area contributed by atoms with Crippen LogP contribution in [0.5, 0.6) is 11.5 Å². The van der Waals surface area contributed by atoms with Gasteiger partial charge in [-0.05, 0) is 54.7 Å². The van der Waals surface area contributed by atoms with E-state index in [1.165, 1.54) is 5.56 Å². The summed E-state index contributed by atoms with van der Waals surface area (Å²) in [4.78, 5) is 0. The zero-order valence-corrected chi connectivity index (χ0v) is 16.4. The van der Waals surface area contributed by atoms with Crippen molar-refractivity contribution in [2.75, 3.05) is 19.8 Å². The van der Waals surface area contributed by atoms with Crippen molar-refractivity contribution in [1.82, 2.24) is 0 Å². The zero-order valence-electron chi connectivity index (χ0n) is 16.4. The molecule has 0 spiro atoms. The topological polar surface area (TPSA) is 38.7 Å². The van der Waals surface area contributed by atoms with Gasteiger partial charge in [0.15, 0.2) is 11.6 Å². The predicted molar refractivity (Wildman–Crippen MR) is 110 cm³/mol. The Morgan fingerprint density at radius 2 is 1.86 bits per heavy atom. The van der Waals surface area contributed by atoms with Crippen LogP contribution in [0.15, 0.2) is 54.6 Å². The summed E-state index contributed by atoms with van der Waals surface area (Å²) >= 11 is 0. The second-order valence-corrected chi connectivity index (χ2v) is 7.30. The van der Waals surface area contributed by atoms with Gasteiger partial charge in [-0.15, -0.1) is 0 Å². The third-order valence-electron chi connectivity index (χ3n) is 5.12. The number of hydrogen-bond acceptors (Lipinski definition) is 3. The van der Waals surface area contributed by atoms with Crippen LogP contribution in [0, 0.1) is 11.7 Å². The number of benzene rings is 2. The van der Waals surface area contributed by atoms with Crippen molar-refractivity contribution in [3.05, 3.63) is 71.6 Å². The maximum atomic E-state index is 14.2. The monoisotopic (exact) mass is 384 g/mol. The number of aliphatic hydroxyl groups excluding tert-OH is 1. The third-order valence-corrected chi connectivity index (χ3v) is 5.12. The average Bonchev–Trinajstić information content (AvgIpc) is 2.73. The van der Waals surface area contributed by atoms with Crippen LogP contribution in [-0.2, 0) is 6.42 Å². The molecule has 0 saturated heterocycles. The zero-order chi connectivity index (χ0) is 19.8. The van der Waals surface area contributed by atoms with Gasteiger partial charge < -0.3 is 14.6 Å². The highest BCUT2D eigenvalue weighted by molar-refractivity contribution is 5.32. The molecule has 1 aliphatic rings. The Labute approximate surface area is 166 Å². The van der Waals surface area contributed by atoms with Crippen LogP contribution in [0.4, 0.5) is 4.39 Å². The number of halogens is 1. The fraction of sp³-hybridized carbons (Fsp3) is 0.417. The van der Waals surface area contributed by atoms with E-state index in [1.807, 2.05) is 18.2 Å². The molecule has 1 N–H and O–H groups in total. The molecule has 0 heterocycles. The molecule has 2 atom stereocenters. The van der Waals surface area contributed by atoms with E-state index in [0.717, 1.165) is 37.0 Å². The number of hydrogen-bond donors (Lipinski definition) is 1. The maximum absolute atomic E-state index is 14.2. The number of allylic oxidation sites excluding steroid dienone is 1. The van der Waals surface area contributed by atoms with Crippen LogP contribution >= 0.6 is 0 Å². The molecule has 4 heteroatoms. The highest BCUT2D eigenvalue weighted by Gasteiger charge is 2.18. The highest BCUT2D eigenvalue weighted by atomic mass is 19.1. The van der Waals surface area contributed by atoms with Crippen molar-refractivity contribution in [2.24, 2.45) is 5.92 Å². The highest BCUT2D eigenvalue weighted by Crippen LogP contribution is 2.32. The lowest BCUT2D eigenvalue weighted by Gasteiger charge is -2.23. The van der Waals surface area contributed by atoms with Crippen molar-refractivity contribution >= 4 is 0 Å². The van der Waals surface area contributed by atoms with Gasteiger partial charge in [-0.3, -0.25) is 0 Å². The molecule has 0 saturated carbocycles. The van der Waals surface area contributed by atoms with E-state index < -0.39 is 0 Å². The Morgan fingerprint density at radius 3 is 2.50 bits per heavy atom. The van der Waals surface area contributed by atoms with E-state index in [4.69, 9.17) is 14.6 Å². The summed E-state index contributed by atoms with van der Waals surface area (Å²) in [6, 6.07) is 13.3. The van der Waals surface area contributed by atoms with Crippen LogP contribution in [-0.4, -0.2) is 24.9 Å². The lowest BCUT2D eigenvalue weighted by atomic mass is 9.85. The minimum atomic E-state index is -0.271. The fourth-order valence-electron chi connectivity index (χ4n) is 3.57. The van der Waals surface area contributed by atoms with Gasteiger partial charge in [0.1, 0.15) is 12.4 Å². The summed E-state index contributed by atoms with van der Waals surface area (Å²) in [6.07, 6.45) is 8.36. The third kappa shape index (κ3) is 5.59. The molecule has 150 valence electrons. The maximum Gasteiger partial charge on any atom is 0.165 e. The summed E-state index contributed by atoms with van der Waals surface area (Å²) in [5.74, 6) is 1.53. The van der Waals surface area contributed by atoms with Crippen molar-refractivity contribution in [1.29, 1.82) is 0 Å². The molecule has 2 aromatic carbocycles. The van der Waals surface area contributed by atoms with Gasteiger partial charge in [-0.2, -0.15) is 0 Å². The van der Waals surface area contributed by atoms with Gasteiger partial charge in [-0.1, -0.05) is 43.7 Å². The molecule has 0 amide bonds. The minimum absolute atomic E-state index is 0.0172. The van der Waals surface area contributed by atoms with E-state index in [-0.39, 0.29) is 12.4 Å². The molecular formula is C24H29FO3. The molecule has 1 aliphatic carbocycles. The van der Waals surface area contributed by atoms with Gasteiger partial charge in [0.2, 0.25) is 0 Å². The molecule has 2 aromatic rings. The normalized spacial score (nSPS) is 18.8. The first-order valence-corrected chi connectivity index (χ1v) is 10.1. The Bertz CT molecular complexity index is 770. The minimum Gasteiger partial charge on any atom is -0.491 e. The number of aliphatic hydroxyl groups is 1. The van der Waals surface area contributed by atoms with E-state index in [9.17, 15) is 4.39 Å². The Balaban J connectivity index is 1.51. The van der Waals surface area contributed by atoms with Gasteiger partial charge in [0.05, 0.1) is 13.2 Å². The van der Waals surface area contributed by atoms with Crippen LogP contribution in [0.3, 0.4) is 0 Å². The Morgan fingerprint density at radius 1 is 1.04 bits per heavy atom. The summed E-state index contributed by atoms with van der Waals surface area (Å²) in [6.45, 7) is 2.92. The SMILES string of the molecule is CCCc1ccc(OCC2C=CC(c3ccc(OCCO)cc3)CC2)c(F)c1. The van der Waals surface area contributed by atoms with Crippen molar-refractivity contribution in [3.63, 3.8) is 0 Å². The molecule has 0 bridgehead atoms. The van der Waals surface area contributed by atoms with Crippen molar-refractivity contribution in [2.45, 2.75) is 38.5 Å².